The molecular weight excluding hydrogens is 357 g/mol. The van der Waals surface area contributed by atoms with Crippen LogP contribution in [0.3, 0.4) is 0 Å². The zero-order chi connectivity index (χ0) is 14.8. The molecule has 0 N–H and O–H groups in total. The summed E-state index contributed by atoms with van der Waals surface area (Å²) in [5, 5.41) is 0. The van der Waals surface area contributed by atoms with Crippen LogP contribution in [0.15, 0.2) is 16.7 Å². The molecule has 0 saturated carbocycles. The Kier molecular flexibility index (Phi) is 5.18. The van der Waals surface area contributed by atoms with Gasteiger partial charge in [-0.3, -0.25) is 0 Å². The molecule has 1 aromatic rings. The summed E-state index contributed by atoms with van der Waals surface area (Å²) in [6.07, 6.45) is 0.417. The number of pyridine rings is 1. The van der Waals surface area contributed by atoms with Crippen LogP contribution in [0, 0.1) is 0 Å². The molecule has 0 bridgehead atoms. The van der Waals surface area contributed by atoms with E-state index in [9.17, 15) is 13.2 Å². The van der Waals surface area contributed by atoms with Crippen LogP contribution in [-0.2, 0) is 6.18 Å². The Morgan fingerprint density at radius 2 is 2.20 bits per heavy atom. The maximum Gasteiger partial charge on any atom is 0.419 e. The first kappa shape index (κ1) is 15.9. The lowest BCUT2D eigenvalue weighted by molar-refractivity contribution is -0.137. The average Bonchev–Trinajstić information content (AvgIpc) is 2.83. The zero-order valence-corrected chi connectivity index (χ0v) is 13.1. The molecular formula is C13H15BrClF3N2. The van der Waals surface area contributed by atoms with E-state index < -0.39 is 11.7 Å². The monoisotopic (exact) mass is 370 g/mol. The van der Waals surface area contributed by atoms with Crippen molar-refractivity contribution in [2.45, 2.75) is 37.9 Å². The topological polar surface area (TPSA) is 16.1 Å². The summed E-state index contributed by atoms with van der Waals surface area (Å²) < 4.78 is 39.8. The number of nitrogens with zero attached hydrogens (tertiary/aromatic N) is 2. The van der Waals surface area contributed by atoms with E-state index in [1.807, 2.05) is 0 Å². The highest BCUT2D eigenvalue weighted by molar-refractivity contribution is 9.10. The minimum Gasteiger partial charge on any atom is -0.353 e. The van der Waals surface area contributed by atoms with Gasteiger partial charge in [0.1, 0.15) is 5.82 Å². The quantitative estimate of drug-likeness (QED) is 0.703. The van der Waals surface area contributed by atoms with Crippen molar-refractivity contribution in [2.24, 2.45) is 0 Å². The fourth-order valence-corrected chi connectivity index (χ4v) is 3.08. The summed E-state index contributed by atoms with van der Waals surface area (Å²) in [5.41, 5.74) is -0.676. The van der Waals surface area contributed by atoms with E-state index >= 15 is 0 Å². The lowest BCUT2D eigenvalue weighted by Gasteiger charge is -2.28. The van der Waals surface area contributed by atoms with Crippen molar-refractivity contribution in [3.05, 3.63) is 22.3 Å². The minimum absolute atomic E-state index is 0.0396. The molecule has 0 aromatic carbocycles. The van der Waals surface area contributed by atoms with Gasteiger partial charge in [-0.1, -0.05) is 0 Å². The highest BCUT2D eigenvalue weighted by atomic mass is 79.9. The van der Waals surface area contributed by atoms with Crippen LogP contribution in [-0.4, -0.2) is 23.5 Å². The van der Waals surface area contributed by atoms with Gasteiger partial charge in [-0.05, 0) is 47.7 Å². The molecule has 1 unspecified atom stereocenters. The molecule has 1 saturated heterocycles. The van der Waals surface area contributed by atoms with Crippen molar-refractivity contribution >= 4 is 33.3 Å². The van der Waals surface area contributed by atoms with Crippen molar-refractivity contribution in [3.8, 4) is 0 Å². The summed E-state index contributed by atoms with van der Waals surface area (Å²) in [5.74, 6) is 0.572. The predicted octanol–water partition coefficient (Wildman–Crippen LogP) is 4.85. The molecule has 0 radical (unpaired) electrons. The van der Waals surface area contributed by atoms with E-state index in [0.717, 1.165) is 31.7 Å². The van der Waals surface area contributed by atoms with Gasteiger partial charge in [0.25, 0.3) is 0 Å². The fraction of sp³-hybridized carbons (Fsp3) is 0.615. The number of alkyl halides is 4. The van der Waals surface area contributed by atoms with Gasteiger partial charge in [0.2, 0.25) is 0 Å². The van der Waals surface area contributed by atoms with Gasteiger partial charge >= 0.3 is 6.18 Å². The summed E-state index contributed by atoms with van der Waals surface area (Å²) in [6, 6.07) is 1.20. The zero-order valence-electron chi connectivity index (χ0n) is 10.8. The normalized spacial score (nSPS) is 19.6. The second-order valence-electron chi connectivity index (χ2n) is 4.84. The van der Waals surface area contributed by atoms with E-state index in [2.05, 4.69) is 20.9 Å². The maximum absolute atomic E-state index is 13.2. The first-order valence-corrected chi connectivity index (χ1v) is 7.81. The molecule has 20 heavy (non-hydrogen) atoms. The maximum atomic E-state index is 13.2. The van der Waals surface area contributed by atoms with Gasteiger partial charge in [0.15, 0.2) is 0 Å². The van der Waals surface area contributed by atoms with Crippen LogP contribution in [0.4, 0.5) is 19.0 Å². The number of halogens is 5. The molecule has 2 nitrogen and oxygen atoms in total. The molecule has 0 aliphatic carbocycles. The Morgan fingerprint density at radius 1 is 1.45 bits per heavy atom. The third-order valence-electron chi connectivity index (χ3n) is 3.46. The first-order valence-electron chi connectivity index (χ1n) is 6.49. The Bertz CT molecular complexity index is 467. The van der Waals surface area contributed by atoms with Gasteiger partial charge in [0.05, 0.1) is 5.56 Å². The highest BCUT2D eigenvalue weighted by Crippen LogP contribution is 2.39. The standard InChI is InChI=1S/C13H15BrClF3N2/c14-9-7-11(13(16,17)18)12(19-8-9)20-6-2-4-10(20)3-1-5-15/h7-8,10H,1-6H2. The fourth-order valence-electron chi connectivity index (χ4n) is 2.60. The van der Waals surface area contributed by atoms with E-state index in [-0.39, 0.29) is 11.9 Å². The molecule has 1 aliphatic heterocycles. The molecule has 7 heteroatoms. The molecule has 1 aromatic heterocycles. The van der Waals surface area contributed by atoms with Crippen molar-refractivity contribution in [1.29, 1.82) is 0 Å². The summed E-state index contributed by atoms with van der Waals surface area (Å²) in [4.78, 5) is 5.79. The molecule has 0 amide bonds. The highest BCUT2D eigenvalue weighted by Gasteiger charge is 2.38. The lowest BCUT2D eigenvalue weighted by atomic mass is 10.1. The van der Waals surface area contributed by atoms with Gasteiger partial charge < -0.3 is 4.90 Å². The van der Waals surface area contributed by atoms with Crippen molar-refractivity contribution in [1.82, 2.24) is 4.98 Å². The van der Waals surface area contributed by atoms with E-state index in [4.69, 9.17) is 11.6 Å². The second kappa shape index (κ2) is 6.52. The SMILES string of the molecule is FC(F)(F)c1cc(Br)cnc1N1CCCC1CCCCl. The molecule has 0 spiro atoms. The number of rotatable bonds is 4. The van der Waals surface area contributed by atoms with Crippen molar-refractivity contribution < 1.29 is 13.2 Å². The summed E-state index contributed by atoms with van der Waals surface area (Å²) >= 11 is 8.73. The average molecular weight is 372 g/mol. The predicted molar refractivity (Wildman–Crippen MR) is 77.3 cm³/mol. The van der Waals surface area contributed by atoms with Crippen LogP contribution in [0.5, 0.6) is 0 Å². The van der Waals surface area contributed by atoms with Crippen LogP contribution in [0.25, 0.3) is 0 Å². The Balaban J connectivity index is 2.31. The number of hydrogen-bond donors (Lipinski definition) is 0. The summed E-state index contributed by atoms with van der Waals surface area (Å²) in [7, 11) is 0. The number of anilines is 1. The summed E-state index contributed by atoms with van der Waals surface area (Å²) in [6.45, 7) is 0.616. The van der Waals surface area contributed by atoms with Crippen LogP contribution >= 0.6 is 27.5 Å². The van der Waals surface area contributed by atoms with E-state index in [0.29, 0.717) is 16.9 Å². The molecule has 2 heterocycles. The molecule has 1 aliphatic rings. The first-order chi connectivity index (χ1) is 9.43. The lowest BCUT2D eigenvalue weighted by Crippen LogP contribution is -2.32. The Labute approximate surface area is 129 Å². The van der Waals surface area contributed by atoms with E-state index in [1.54, 1.807) is 4.90 Å². The third-order valence-corrected chi connectivity index (χ3v) is 4.16. The number of hydrogen-bond acceptors (Lipinski definition) is 2. The smallest absolute Gasteiger partial charge is 0.353 e. The van der Waals surface area contributed by atoms with Crippen molar-refractivity contribution in [2.75, 3.05) is 17.3 Å². The largest absolute Gasteiger partial charge is 0.419 e. The van der Waals surface area contributed by atoms with Gasteiger partial charge in [-0.25, -0.2) is 4.98 Å². The second-order valence-corrected chi connectivity index (χ2v) is 6.14. The molecule has 1 atom stereocenters. The van der Waals surface area contributed by atoms with Crippen molar-refractivity contribution in [3.63, 3.8) is 0 Å². The van der Waals surface area contributed by atoms with Gasteiger partial charge in [0, 0.05) is 29.1 Å². The van der Waals surface area contributed by atoms with Gasteiger partial charge in [-0.2, -0.15) is 13.2 Å². The van der Waals surface area contributed by atoms with Crippen LogP contribution < -0.4 is 4.90 Å². The van der Waals surface area contributed by atoms with Crippen LogP contribution in [0.1, 0.15) is 31.2 Å². The molecule has 112 valence electrons. The third kappa shape index (κ3) is 3.58. The number of aromatic nitrogens is 1. The molecule has 1 fully saturated rings. The Hall–Kier alpha value is -0.490. The minimum atomic E-state index is -4.40. The molecule has 2 rings (SSSR count). The van der Waals surface area contributed by atoms with Crippen LogP contribution in [0.2, 0.25) is 0 Å². The Morgan fingerprint density at radius 3 is 2.85 bits per heavy atom. The van der Waals surface area contributed by atoms with E-state index in [1.165, 1.54) is 6.20 Å². The van der Waals surface area contributed by atoms with Gasteiger partial charge in [-0.15, -0.1) is 11.6 Å².